The van der Waals surface area contributed by atoms with Crippen LogP contribution in [0.1, 0.15) is 26.2 Å². The highest BCUT2D eigenvalue weighted by molar-refractivity contribution is 6.36. The maximum Gasteiger partial charge on any atom is 0.220 e. The molecule has 1 atom stereocenters. The predicted octanol–water partition coefficient (Wildman–Crippen LogP) is 4.05. The molecule has 1 amide bonds. The molecule has 2 aromatic rings. The molecule has 1 aromatic heterocycles. The number of nitrogens with one attached hydrogen (secondary N) is 1. The first-order valence-electron chi connectivity index (χ1n) is 9.92. The largest absolute Gasteiger partial charge is 0.441 e. The summed E-state index contributed by atoms with van der Waals surface area (Å²) in [4.78, 5) is 19.0. The number of rotatable bonds is 8. The highest BCUT2D eigenvalue weighted by Gasteiger charge is 2.24. The number of carbonyl (C=O) groups excluding carboxylic acids is 1. The molecule has 0 saturated carbocycles. The fourth-order valence-corrected chi connectivity index (χ4v) is 3.96. The zero-order valence-electron chi connectivity index (χ0n) is 16.8. The Bertz CT molecular complexity index is 819. The maximum absolute atomic E-state index is 12.3. The first kappa shape index (κ1) is 22.1. The molecule has 0 aliphatic carbocycles. The van der Waals surface area contributed by atoms with Gasteiger partial charge in [-0.2, -0.15) is 0 Å². The minimum atomic E-state index is -0.00631. The van der Waals surface area contributed by atoms with Crippen molar-refractivity contribution < 1.29 is 13.9 Å². The van der Waals surface area contributed by atoms with Gasteiger partial charge in [0, 0.05) is 49.1 Å². The standard InChI is InChI=1S/C21H27Cl2N3O3/c1-14(2)18(26-7-9-28-10-8-26)12-24-20(27)5-6-21-25-13-19(29-21)16-4-3-15(22)11-17(16)23/h3-4,11,13-14,18H,5-10,12H2,1-2H3,(H,24,27). The maximum atomic E-state index is 12.3. The van der Waals surface area contributed by atoms with E-state index in [1.165, 1.54) is 0 Å². The number of hydrogen-bond acceptors (Lipinski definition) is 5. The van der Waals surface area contributed by atoms with Gasteiger partial charge in [-0.1, -0.05) is 37.0 Å². The molecule has 6 nitrogen and oxygen atoms in total. The van der Waals surface area contributed by atoms with E-state index in [0.717, 1.165) is 31.9 Å². The third-order valence-electron chi connectivity index (χ3n) is 5.11. The Kier molecular flexibility index (Phi) is 7.95. The van der Waals surface area contributed by atoms with Gasteiger partial charge < -0.3 is 14.5 Å². The number of ether oxygens (including phenoxy) is 1. The first-order chi connectivity index (χ1) is 13.9. The zero-order chi connectivity index (χ0) is 20.8. The number of hydrogen-bond donors (Lipinski definition) is 1. The van der Waals surface area contributed by atoms with Crippen LogP contribution in [0.4, 0.5) is 0 Å². The fraction of sp³-hybridized carbons (Fsp3) is 0.524. The summed E-state index contributed by atoms with van der Waals surface area (Å²) in [6, 6.07) is 5.51. The number of aromatic nitrogens is 1. The molecule has 1 fully saturated rings. The van der Waals surface area contributed by atoms with Gasteiger partial charge in [0.15, 0.2) is 11.7 Å². The van der Waals surface area contributed by atoms with Crippen molar-refractivity contribution in [2.45, 2.75) is 32.7 Å². The quantitative estimate of drug-likeness (QED) is 0.671. The molecule has 1 aliphatic rings. The van der Waals surface area contributed by atoms with Crippen molar-refractivity contribution in [3.63, 3.8) is 0 Å². The van der Waals surface area contributed by atoms with Crippen molar-refractivity contribution in [3.05, 3.63) is 40.3 Å². The van der Waals surface area contributed by atoms with Gasteiger partial charge >= 0.3 is 0 Å². The third-order valence-corrected chi connectivity index (χ3v) is 5.66. The lowest BCUT2D eigenvalue weighted by Gasteiger charge is -2.36. The van der Waals surface area contributed by atoms with Crippen LogP contribution in [0.5, 0.6) is 0 Å². The molecule has 3 rings (SSSR count). The zero-order valence-corrected chi connectivity index (χ0v) is 18.3. The molecule has 29 heavy (non-hydrogen) atoms. The van der Waals surface area contributed by atoms with Gasteiger partial charge in [0.1, 0.15) is 0 Å². The molecular weight excluding hydrogens is 413 g/mol. The van der Waals surface area contributed by atoms with Crippen molar-refractivity contribution in [3.8, 4) is 11.3 Å². The average molecular weight is 440 g/mol. The molecule has 8 heteroatoms. The van der Waals surface area contributed by atoms with Gasteiger partial charge in [0.2, 0.25) is 5.91 Å². The van der Waals surface area contributed by atoms with E-state index in [0.29, 0.717) is 53.0 Å². The lowest BCUT2D eigenvalue weighted by Crippen LogP contribution is -2.51. The molecule has 1 N–H and O–H groups in total. The number of oxazole rings is 1. The number of benzene rings is 1. The topological polar surface area (TPSA) is 67.6 Å². The molecule has 1 unspecified atom stereocenters. The highest BCUT2D eigenvalue weighted by atomic mass is 35.5. The molecule has 0 spiro atoms. The van der Waals surface area contributed by atoms with E-state index < -0.39 is 0 Å². The fourth-order valence-electron chi connectivity index (χ4n) is 3.46. The number of morpholine rings is 1. The molecule has 2 heterocycles. The summed E-state index contributed by atoms with van der Waals surface area (Å²) in [7, 11) is 0. The molecule has 1 aromatic carbocycles. The first-order valence-corrected chi connectivity index (χ1v) is 10.7. The van der Waals surface area contributed by atoms with Gasteiger partial charge in [0.05, 0.1) is 24.4 Å². The van der Waals surface area contributed by atoms with E-state index >= 15 is 0 Å². The molecular formula is C21H27Cl2N3O3. The minimum absolute atomic E-state index is 0.00631. The van der Waals surface area contributed by atoms with Crippen LogP contribution in [-0.4, -0.2) is 54.7 Å². The van der Waals surface area contributed by atoms with Crippen LogP contribution in [-0.2, 0) is 16.0 Å². The summed E-state index contributed by atoms with van der Waals surface area (Å²) in [5, 5.41) is 4.12. The summed E-state index contributed by atoms with van der Waals surface area (Å²) in [5.41, 5.74) is 0.726. The van der Waals surface area contributed by atoms with E-state index in [-0.39, 0.29) is 5.91 Å². The van der Waals surface area contributed by atoms with E-state index in [4.69, 9.17) is 32.4 Å². The van der Waals surface area contributed by atoms with Crippen LogP contribution in [0.15, 0.2) is 28.8 Å². The summed E-state index contributed by atoms with van der Waals surface area (Å²) in [6.45, 7) is 8.32. The monoisotopic (exact) mass is 439 g/mol. The van der Waals surface area contributed by atoms with Crippen molar-refractivity contribution in [1.82, 2.24) is 15.2 Å². The summed E-state index contributed by atoms with van der Waals surface area (Å²) >= 11 is 12.1. The minimum Gasteiger partial charge on any atom is -0.441 e. The predicted molar refractivity (Wildman–Crippen MR) is 114 cm³/mol. The van der Waals surface area contributed by atoms with E-state index in [1.807, 2.05) is 0 Å². The van der Waals surface area contributed by atoms with Crippen LogP contribution in [0, 0.1) is 5.92 Å². The Hall–Kier alpha value is -1.60. The molecule has 1 aliphatic heterocycles. The van der Waals surface area contributed by atoms with Crippen molar-refractivity contribution in [2.24, 2.45) is 5.92 Å². The van der Waals surface area contributed by atoms with E-state index in [1.54, 1.807) is 24.4 Å². The lowest BCUT2D eigenvalue weighted by molar-refractivity contribution is -0.121. The van der Waals surface area contributed by atoms with Crippen LogP contribution in [0.3, 0.4) is 0 Å². The summed E-state index contributed by atoms with van der Waals surface area (Å²) in [6.07, 6.45) is 2.37. The number of nitrogens with zero attached hydrogens (tertiary/aromatic N) is 2. The van der Waals surface area contributed by atoms with Crippen molar-refractivity contribution in [1.29, 1.82) is 0 Å². The van der Waals surface area contributed by atoms with Gasteiger partial charge in [-0.05, 0) is 24.1 Å². The van der Waals surface area contributed by atoms with Gasteiger partial charge in [0.25, 0.3) is 0 Å². The molecule has 0 radical (unpaired) electrons. The Morgan fingerprint density at radius 2 is 2.03 bits per heavy atom. The second kappa shape index (κ2) is 10.4. The molecule has 0 bridgehead atoms. The normalized spacial score (nSPS) is 16.2. The lowest BCUT2D eigenvalue weighted by atomic mass is 10.0. The second-order valence-corrected chi connectivity index (χ2v) is 8.35. The average Bonchev–Trinajstić information content (AvgIpc) is 3.16. The SMILES string of the molecule is CC(C)C(CNC(=O)CCc1ncc(-c2ccc(Cl)cc2Cl)o1)N1CCOCC1. The van der Waals surface area contributed by atoms with Gasteiger partial charge in [-0.25, -0.2) is 4.98 Å². The highest BCUT2D eigenvalue weighted by Crippen LogP contribution is 2.30. The van der Waals surface area contributed by atoms with Gasteiger partial charge in [-0.3, -0.25) is 9.69 Å². The number of halogens is 2. The summed E-state index contributed by atoms with van der Waals surface area (Å²) < 4.78 is 11.2. The Morgan fingerprint density at radius 3 is 2.72 bits per heavy atom. The smallest absolute Gasteiger partial charge is 0.220 e. The van der Waals surface area contributed by atoms with E-state index in [9.17, 15) is 4.79 Å². The molecule has 1 saturated heterocycles. The third kappa shape index (κ3) is 6.19. The van der Waals surface area contributed by atoms with Crippen molar-refractivity contribution >= 4 is 29.1 Å². The van der Waals surface area contributed by atoms with Crippen LogP contribution in [0.2, 0.25) is 10.0 Å². The Labute approximate surface area is 181 Å². The molecule has 158 valence electrons. The van der Waals surface area contributed by atoms with E-state index in [2.05, 4.69) is 29.0 Å². The van der Waals surface area contributed by atoms with Crippen LogP contribution >= 0.6 is 23.2 Å². The van der Waals surface area contributed by atoms with Gasteiger partial charge in [-0.15, -0.1) is 0 Å². The number of amides is 1. The van der Waals surface area contributed by atoms with Crippen molar-refractivity contribution in [2.75, 3.05) is 32.8 Å². The Morgan fingerprint density at radius 1 is 1.28 bits per heavy atom. The second-order valence-electron chi connectivity index (χ2n) is 7.51. The Balaban J connectivity index is 1.49. The summed E-state index contributed by atoms with van der Waals surface area (Å²) in [5.74, 6) is 1.52. The van der Waals surface area contributed by atoms with Crippen LogP contribution < -0.4 is 5.32 Å². The number of carbonyl (C=O) groups is 1. The number of aryl methyl sites for hydroxylation is 1. The van der Waals surface area contributed by atoms with Crippen LogP contribution in [0.25, 0.3) is 11.3 Å².